The first kappa shape index (κ1) is 35.5. The van der Waals surface area contributed by atoms with Crippen LogP contribution in [-0.2, 0) is 27.2 Å². The molecule has 1 aromatic carbocycles. The smallest absolute Gasteiger partial charge is 0.243 e. The van der Waals surface area contributed by atoms with E-state index in [0.29, 0.717) is 32.4 Å². The molecule has 1 unspecified atom stereocenters. The fourth-order valence-corrected chi connectivity index (χ4v) is 4.53. The van der Waals surface area contributed by atoms with Crippen LogP contribution in [0.25, 0.3) is 0 Å². The van der Waals surface area contributed by atoms with Gasteiger partial charge in [-0.3, -0.25) is 14.4 Å². The summed E-state index contributed by atoms with van der Waals surface area (Å²) in [6.45, 7) is 12.8. The van der Waals surface area contributed by atoms with Crippen molar-refractivity contribution in [2.24, 2.45) is 0 Å². The molecule has 0 saturated carbocycles. The summed E-state index contributed by atoms with van der Waals surface area (Å²) >= 11 is 0. The number of hydrogen-bond acceptors (Lipinski definition) is 5. The van der Waals surface area contributed by atoms with E-state index in [2.05, 4.69) is 40.0 Å². The Bertz CT molecular complexity index is 883. The summed E-state index contributed by atoms with van der Waals surface area (Å²) in [5.74, 6) is -1.08. The third-order valence-electron chi connectivity index (χ3n) is 7.02. The molecule has 0 heterocycles. The van der Waals surface area contributed by atoms with Crippen LogP contribution in [0.5, 0.6) is 0 Å². The summed E-state index contributed by atoms with van der Waals surface area (Å²) < 4.78 is 14.3. The minimum absolute atomic E-state index is 0.138. The molecule has 8 nitrogen and oxygen atoms in total. The Kier molecular flexibility index (Phi) is 18.9. The van der Waals surface area contributed by atoms with Gasteiger partial charge in [-0.15, -0.1) is 0 Å². The lowest BCUT2D eigenvalue weighted by Crippen LogP contribution is -2.55. The highest BCUT2D eigenvalue weighted by Gasteiger charge is 2.23. The maximum Gasteiger partial charge on any atom is 0.243 e. The molecule has 0 aliphatic heterocycles. The molecule has 228 valence electrons. The van der Waals surface area contributed by atoms with E-state index in [-0.39, 0.29) is 36.8 Å². The van der Waals surface area contributed by atoms with Gasteiger partial charge in [0.15, 0.2) is 0 Å². The van der Waals surface area contributed by atoms with Gasteiger partial charge in [-0.25, -0.2) is 4.39 Å². The van der Waals surface area contributed by atoms with Gasteiger partial charge in [0.1, 0.15) is 11.9 Å². The van der Waals surface area contributed by atoms with E-state index in [1.54, 1.807) is 6.07 Å². The van der Waals surface area contributed by atoms with E-state index in [0.717, 1.165) is 62.7 Å². The molecule has 0 bridgehead atoms. The van der Waals surface area contributed by atoms with Crippen LogP contribution in [0.2, 0.25) is 0 Å². The van der Waals surface area contributed by atoms with E-state index in [1.165, 1.54) is 6.07 Å². The van der Waals surface area contributed by atoms with Gasteiger partial charge in [-0.05, 0) is 75.7 Å². The number of benzene rings is 1. The van der Waals surface area contributed by atoms with Crippen molar-refractivity contribution in [3.63, 3.8) is 0 Å². The number of hydrogen-bond donors (Lipinski definition) is 4. The summed E-state index contributed by atoms with van der Waals surface area (Å²) in [6, 6.07) is 4.65. The van der Waals surface area contributed by atoms with Crippen LogP contribution in [0.4, 0.5) is 4.39 Å². The molecule has 9 heteroatoms. The highest BCUT2D eigenvalue weighted by Crippen LogP contribution is 2.17. The van der Waals surface area contributed by atoms with Crippen molar-refractivity contribution in [1.29, 1.82) is 0 Å². The number of carbonyl (C=O) groups excluding carboxylic acids is 3. The van der Waals surface area contributed by atoms with Crippen molar-refractivity contribution >= 4 is 17.7 Å². The minimum Gasteiger partial charge on any atom is -0.354 e. The molecule has 0 saturated heterocycles. The second kappa shape index (κ2) is 21.3. The Morgan fingerprint density at radius 2 is 1.65 bits per heavy atom. The van der Waals surface area contributed by atoms with Crippen molar-refractivity contribution in [2.45, 2.75) is 104 Å². The monoisotopic (exact) mass is 563 g/mol. The Balaban J connectivity index is 2.75. The average molecular weight is 564 g/mol. The second-order valence-electron chi connectivity index (χ2n) is 10.6. The maximum absolute atomic E-state index is 14.3. The third kappa shape index (κ3) is 14.7. The lowest BCUT2D eigenvalue weighted by atomic mass is 9.99. The van der Waals surface area contributed by atoms with Crippen molar-refractivity contribution in [3.8, 4) is 0 Å². The molecule has 2 atom stereocenters. The lowest BCUT2D eigenvalue weighted by molar-refractivity contribution is -0.130. The number of amides is 3. The SMILES string of the molecule is CCCCCN(CCC)CC(NC(=O)CNC(=O)CN[C@@H](C)CC)C(=O)NCCCc1cccc(F)c1CCC. The second-order valence-corrected chi connectivity index (χ2v) is 10.6. The van der Waals surface area contributed by atoms with Gasteiger partial charge in [0.2, 0.25) is 17.7 Å². The molecular weight excluding hydrogens is 509 g/mol. The number of nitrogens with one attached hydrogen (secondary N) is 4. The summed E-state index contributed by atoms with van der Waals surface area (Å²) in [7, 11) is 0. The standard InChI is InChI=1S/C31H54FN5O3/c1-6-10-11-20-37(19-8-3)23-28(36-30(39)22-35-29(38)21-34-24(5)9-4)31(40)33-18-13-16-25-15-12-17-27(32)26(25)14-7-2/h12,15,17,24,28,34H,6-11,13-14,16,18-23H2,1-5H3,(H,33,40)(H,35,38)(H,36,39)/t24-,28?/m0/s1. The fraction of sp³-hybridized carbons (Fsp3) is 0.710. The Labute approximate surface area is 241 Å². The van der Waals surface area contributed by atoms with Crippen molar-refractivity contribution in [1.82, 2.24) is 26.2 Å². The predicted molar refractivity (Wildman–Crippen MR) is 161 cm³/mol. The molecule has 0 fully saturated rings. The van der Waals surface area contributed by atoms with Gasteiger partial charge in [0.05, 0.1) is 13.1 Å². The molecule has 0 radical (unpaired) electrons. The van der Waals surface area contributed by atoms with Crippen LogP contribution < -0.4 is 21.3 Å². The first-order chi connectivity index (χ1) is 19.2. The molecule has 0 aliphatic rings. The molecule has 0 spiro atoms. The van der Waals surface area contributed by atoms with Crippen LogP contribution >= 0.6 is 0 Å². The van der Waals surface area contributed by atoms with E-state index in [4.69, 9.17) is 0 Å². The Hall–Kier alpha value is -2.52. The molecule has 0 aromatic heterocycles. The molecule has 0 aliphatic carbocycles. The first-order valence-electron chi connectivity index (χ1n) is 15.3. The van der Waals surface area contributed by atoms with Gasteiger partial charge >= 0.3 is 0 Å². The summed E-state index contributed by atoms with van der Waals surface area (Å²) in [5, 5.41) is 11.5. The molecule has 40 heavy (non-hydrogen) atoms. The van der Waals surface area contributed by atoms with Gasteiger partial charge in [0.25, 0.3) is 0 Å². The van der Waals surface area contributed by atoms with Crippen LogP contribution in [0.15, 0.2) is 18.2 Å². The average Bonchev–Trinajstić information content (AvgIpc) is 2.94. The normalized spacial score (nSPS) is 12.7. The van der Waals surface area contributed by atoms with Gasteiger partial charge in [-0.1, -0.05) is 59.1 Å². The van der Waals surface area contributed by atoms with E-state index in [1.807, 2.05) is 26.8 Å². The third-order valence-corrected chi connectivity index (χ3v) is 7.02. The highest BCUT2D eigenvalue weighted by molar-refractivity contribution is 5.90. The van der Waals surface area contributed by atoms with Crippen LogP contribution in [0, 0.1) is 5.82 Å². The van der Waals surface area contributed by atoms with Gasteiger partial charge < -0.3 is 26.2 Å². The van der Waals surface area contributed by atoms with E-state index < -0.39 is 11.9 Å². The highest BCUT2D eigenvalue weighted by atomic mass is 19.1. The quantitative estimate of drug-likeness (QED) is 0.161. The predicted octanol–water partition coefficient (Wildman–Crippen LogP) is 3.72. The van der Waals surface area contributed by atoms with E-state index in [9.17, 15) is 18.8 Å². The minimum atomic E-state index is -0.736. The van der Waals surface area contributed by atoms with Gasteiger partial charge in [0, 0.05) is 19.1 Å². The summed E-state index contributed by atoms with van der Waals surface area (Å²) in [6.07, 6.45) is 8.00. The van der Waals surface area contributed by atoms with Crippen molar-refractivity contribution in [3.05, 3.63) is 35.1 Å². The topological polar surface area (TPSA) is 103 Å². The zero-order valence-electron chi connectivity index (χ0n) is 25.5. The summed E-state index contributed by atoms with van der Waals surface area (Å²) in [4.78, 5) is 40.3. The number of halogens is 1. The zero-order valence-corrected chi connectivity index (χ0v) is 25.5. The largest absolute Gasteiger partial charge is 0.354 e. The molecule has 1 aromatic rings. The maximum atomic E-state index is 14.3. The fourth-order valence-electron chi connectivity index (χ4n) is 4.53. The van der Waals surface area contributed by atoms with Crippen LogP contribution in [0.1, 0.15) is 90.7 Å². The number of carbonyl (C=O) groups is 3. The molecule has 1 rings (SSSR count). The van der Waals surface area contributed by atoms with E-state index >= 15 is 0 Å². The van der Waals surface area contributed by atoms with Crippen molar-refractivity contribution < 1.29 is 18.8 Å². The Morgan fingerprint density at radius 3 is 2.33 bits per heavy atom. The molecule has 4 N–H and O–H groups in total. The molecule has 3 amide bonds. The van der Waals surface area contributed by atoms with Crippen molar-refractivity contribution in [2.75, 3.05) is 39.3 Å². The number of unbranched alkanes of at least 4 members (excludes halogenated alkanes) is 2. The zero-order chi connectivity index (χ0) is 29.8. The molecular formula is C31H54FN5O3. The first-order valence-corrected chi connectivity index (χ1v) is 15.3. The Morgan fingerprint density at radius 1 is 0.875 bits per heavy atom. The number of rotatable bonds is 22. The summed E-state index contributed by atoms with van der Waals surface area (Å²) in [5.41, 5.74) is 1.73. The number of nitrogens with zero attached hydrogens (tertiary/aromatic N) is 1. The number of aryl methyl sites for hydroxylation is 1. The van der Waals surface area contributed by atoms with Gasteiger partial charge in [-0.2, -0.15) is 0 Å². The van der Waals surface area contributed by atoms with Crippen LogP contribution in [-0.4, -0.2) is 74.0 Å². The van der Waals surface area contributed by atoms with Crippen LogP contribution in [0.3, 0.4) is 0 Å². The lowest BCUT2D eigenvalue weighted by Gasteiger charge is -2.27.